The summed E-state index contributed by atoms with van der Waals surface area (Å²) in [4.78, 5) is 14.6. The Morgan fingerprint density at radius 1 is 1.27 bits per heavy atom. The number of H-pyrrole nitrogens is 1. The molecule has 0 unspecified atom stereocenters. The van der Waals surface area contributed by atoms with Crippen LogP contribution in [0.15, 0.2) is 24.3 Å². The largest absolute Gasteiger partial charge is 0.381 e. The molecular weight excluding hydrogens is 340 g/mol. The second kappa shape index (κ2) is 7.95. The number of aromatic nitrogens is 2. The van der Waals surface area contributed by atoms with Gasteiger partial charge in [0, 0.05) is 18.7 Å². The van der Waals surface area contributed by atoms with Gasteiger partial charge >= 0.3 is 0 Å². The molecule has 0 radical (unpaired) electrons. The second-order valence-corrected chi connectivity index (χ2v) is 6.72. The molecule has 0 saturated heterocycles. The van der Waals surface area contributed by atoms with Crippen LogP contribution < -0.4 is 0 Å². The molecule has 140 valence electrons. The molecule has 1 heterocycles. The monoisotopic (exact) mass is 363 g/mol. The number of benzene rings is 1. The number of rotatable bonds is 5. The summed E-state index contributed by atoms with van der Waals surface area (Å²) < 4.78 is 33.7. The number of ether oxygens (including phenoxy) is 1. The van der Waals surface area contributed by atoms with E-state index in [1.807, 2.05) is 0 Å². The van der Waals surface area contributed by atoms with Crippen molar-refractivity contribution in [3.05, 3.63) is 52.9 Å². The van der Waals surface area contributed by atoms with Crippen molar-refractivity contribution in [3.8, 4) is 0 Å². The van der Waals surface area contributed by atoms with Crippen molar-refractivity contribution in [1.29, 1.82) is 0 Å². The standard InChI is InChI=1S/C19H23F2N3O2/c1-12-10-18(23-22-12)19(25)24(13-6-8-14(26-2)9-7-13)11-15-16(20)4-3-5-17(15)21/h3-5,10,13-14H,6-9,11H2,1-2H3,(H,22,23)/t13-,14-. The lowest BCUT2D eigenvalue weighted by molar-refractivity contribution is 0.0306. The summed E-state index contributed by atoms with van der Waals surface area (Å²) >= 11 is 0. The van der Waals surface area contributed by atoms with Crippen LogP contribution in [0.5, 0.6) is 0 Å². The van der Waals surface area contributed by atoms with Crippen LogP contribution >= 0.6 is 0 Å². The van der Waals surface area contributed by atoms with E-state index in [4.69, 9.17) is 4.74 Å². The molecule has 0 aliphatic heterocycles. The molecule has 1 saturated carbocycles. The summed E-state index contributed by atoms with van der Waals surface area (Å²) in [5.74, 6) is -1.59. The quantitative estimate of drug-likeness (QED) is 0.883. The molecule has 1 aromatic carbocycles. The lowest BCUT2D eigenvalue weighted by Gasteiger charge is -2.36. The SMILES string of the molecule is CO[C@H]1CC[C@H](N(Cc2c(F)cccc2F)C(=O)c2cc(C)n[nH]2)CC1. The van der Waals surface area contributed by atoms with Crippen LogP contribution in [-0.2, 0) is 11.3 Å². The average Bonchev–Trinajstić information content (AvgIpc) is 3.08. The molecule has 2 aromatic rings. The maximum Gasteiger partial charge on any atom is 0.272 e. The van der Waals surface area contributed by atoms with E-state index in [0.717, 1.165) is 25.7 Å². The Balaban J connectivity index is 1.87. The fourth-order valence-corrected chi connectivity index (χ4v) is 3.50. The zero-order chi connectivity index (χ0) is 18.7. The highest BCUT2D eigenvalue weighted by Gasteiger charge is 2.31. The Labute approximate surface area is 151 Å². The number of amides is 1. The predicted octanol–water partition coefficient (Wildman–Crippen LogP) is 3.60. The first kappa shape index (κ1) is 18.5. The van der Waals surface area contributed by atoms with E-state index in [1.165, 1.54) is 18.2 Å². The first-order valence-electron chi connectivity index (χ1n) is 8.78. The van der Waals surface area contributed by atoms with Gasteiger partial charge in [-0.1, -0.05) is 6.07 Å². The van der Waals surface area contributed by atoms with Gasteiger partial charge in [-0.15, -0.1) is 0 Å². The van der Waals surface area contributed by atoms with Gasteiger partial charge in [0.25, 0.3) is 5.91 Å². The van der Waals surface area contributed by atoms with E-state index in [2.05, 4.69) is 10.2 Å². The molecule has 1 aliphatic carbocycles. The van der Waals surface area contributed by atoms with E-state index < -0.39 is 11.6 Å². The fourth-order valence-electron chi connectivity index (χ4n) is 3.50. The molecule has 5 nitrogen and oxygen atoms in total. The van der Waals surface area contributed by atoms with Crippen LogP contribution in [0.4, 0.5) is 8.78 Å². The van der Waals surface area contributed by atoms with E-state index in [9.17, 15) is 13.6 Å². The van der Waals surface area contributed by atoms with Crippen molar-refractivity contribution >= 4 is 5.91 Å². The average molecular weight is 363 g/mol. The second-order valence-electron chi connectivity index (χ2n) is 6.72. The molecule has 1 aliphatic rings. The van der Waals surface area contributed by atoms with Gasteiger partial charge < -0.3 is 9.64 Å². The third-order valence-corrected chi connectivity index (χ3v) is 5.01. The zero-order valence-electron chi connectivity index (χ0n) is 15.0. The van der Waals surface area contributed by atoms with Gasteiger partial charge in [-0.05, 0) is 50.8 Å². The topological polar surface area (TPSA) is 58.2 Å². The van der Waals surface area contributed by atoms with Crippen molar-refractivity contribution in [1.82, 2.24) is 15.1 Å². The minimum absolute atomic E-state index is 0.0917. The van der Waals surface area contributed by atoms with Crippen LogP contribution in [0, 0.1) is 18.6 Å². The Hall–Kier alpha value is -2.28. The number of halogens is 2. The van der Waals surface area contributed by atoms with Crippen molar-refractivity contribution in [2.75, 3.05) is 7.11 Å². The fraction of sp³-hybridized carbons (Fsp3) is 0.474. The number of hydrogen-bond acceptors (Lipinski definition) is 3. The number of nitrogens with zero attached hydrogens (tertiary/aromatic N) is 2. The molecule has 1 N–H and O–H groups in total. The van der Waals surface area contributed by atoms with E-state index in [-0.39, 0.29) is 30.2 Å². The molecule has 1 amide bonds. The summed E-state index contributed by atoms with van der Waals surface area (Å²) in [6, 6.07) is 5.29. The minimum atomic E-state index is -0.644. The third kappa shape index (κ3) is 3.93. The molecule has 1 aromatic heterocycles. The number of carbonyl (C=O) groups is 1. The predicted molar refractivity (Wildman–Crippen MR) is 92.6 cm³/mol. The van der Waals surface area contributed by atoms with Crippen LogP contribution in [-0.4, -0.2) is 40.3 Å². The summed E-state index contributed by atoms with van der Waals surface area (Å²) in [6.07, 6.45) is 3.25. The number of hydrogen-bond donors (Lipinski definition) is 1. The molecule has 0 bridgehead atoms. The molecule has 26 heavy (non-hydrogen) atoms. The van der Waals surface area contributed by atoms with Crippen LogP contribution in [0.2, 0.25) is 0 Å². The van der Waals surface area contributed by atoms with Crippen LogP contribution in [0.3, 0.4) is 0 Å². The maximum absolute atomic E-state index is 14.1. The van der Waals surface area contributed by atoms with Gasteiger partial charge in [-0.25, -0.2) is 8.78 Å². The van der Waals surface area contributed by atoms with Crippen molar-refractivity contribution < 1.29 is 18.3 Å². The number of nitrogens with one attached hydrogen (secondary N) is 1. The van der Waals surface area contributed by atoms with Gasteiger partial charge in [0.2, 0.25) is 0 Å². The van der Waals surface area contributed by atoms with Crippen molar-refractivity contribution in [2.45, 2.75) is 51.3 Å². The summed E-state index contributed by atoms with van der Waals surface area (Å²) in [6.45, 7) is 1.66. The highest BCUT2D eigenvalue weighted by Crippen LogP contribution is 2.28. The van der Waals surface area contributed by atoms with Gasteiger partial charge in [0.05, 0.1) is 18.3 Å². The number of methoxy groups -OCH3 is 1. The van der Waals surface area contributed by atoms with Crippen LogP contribution in [0.25, 0.3) is 0 Å². The van der Waals surface area contributed by atoms with Gasteiger partial charge in [-0.2, -0.15) is 5.10 Å². The number of aromatic amines is 1. The Kier molecular flexibility index (Phi) is 5.66. The molecular formula is C19H23F2N3O2. The Morgan fingerprint density at radius 2 is 1.92 bits per heavy atom. The van der Waals surface area contributed by atoms with E-state index >= 15 is 0 Å². The van der Waals surface area contributed by atoms with Gasteiger partial charge in [0.15, 0.2) is 0 Å². The lowest BCUT2D eigenvalue weighted by atomic mass is 9.91. The van der Waals surface area contributed by atoms with Crippen molar-refractivity contribution in [3.63, 3.8) is 0 Å². The first-order chi connectivity index (χ1) is 12.5. The zero-order valence-corrected chi connectivity index (χ0v) is 15.0. The lowest BCUT2D eigenvalue weighted by Crippen LogP contribution is -2.43. The molecule has 7 heteroatoms. The highest BCUT2D eigenvalue weighted by molar-refractivity contribution is 5.92. The Morgan fingerprint density at radius 3 is 2.46 bits per heavy atom. The van der Waals surface area contributed by atoms with Crippen LogP contribution in [0.1, 0.15) is 47.4 Å². The molecule has 0 atom stereocenters. The first-order valence-corrected chi connectivity index (χ1v) is 8.78. The maximum atomic E-state index is 14.1. The molecule has 1 fully saturated rings. The Bertz CT molecular complexity index is 750. The summed E-state index contributed by atoms with van der Waals surface area (Å²) in [5.41, 5.74) is 0.924. The van der Waals surface area contributed by atoms with E-state index in [1.54, 1.807) is 25.0 Å². The normalized spacial score (nSPS) is 20.2. The minimum Gasteiger partial charge on any atom is -0.381 e. The van der Waals surface area contributed by atoms with E-state index in [0.29, 0.717) is 11.4 Å². The van der Waals surface area contributed by atoms with Gasteiger partial charge in [0.1, 0.15) is 17.3 Å². The molecule has 3 rings (SSSR count). The van der Waals surface area contributed by atoms with Gasteiger partial charge in [-0.3, -0.25) is 9.89 Å². The number of carbonyl (C=O) groups excluding carboxylic acids is 1. The molecule has 0 spiro atoms. The summed E-state index contributed by atoms with van der Waals surface area (Å²) in [7, 11) is 1.68. The van der Waals surface area contributed by atoms with Crippen molar-refractivity contribution in [2.24, 2.45) is 0 Å². The third-order valence-electron chi connectivity index (χ3n) is 5.01. The number of aryl methyl sites for hydroxylation is 1. The smallest absolute Gasteiger partial charge is 0.272 e. The highest BCUT2D eigenvalue weighted by atomic mass is 19.1. The summed E-state index contributed by atoms with van der Waals surface area (Å²) in [5, 5.41) is 6.70.